The lowest BCUT2D eigenvalue weighted by Crippen LogP contribution is -2.45. The molecule has 3 aromatic carbocycles. The Kier molecular flexibility index (Phi) is 5.35. The molecule has 0 spiro atoms. The van der Waals surface area contributed by atoms with Gasteiger partial charge in [-0.25, -0.2) is 0 Å². The van der Waals surface area contributed by atoms with Crippen molar-refractivity contribution in [2.45, 2.75) is 18.6 Å². The molecule has 0 bridgehead atoms. The number of halogens is 3. The number of rotatable bonds is 5. The summed E-state index contributed by atoms with van der Waals surface area (Å²) < 4.78 is 38.6. The Bertz CT molecular complexity index is 1030. The van der Waals surface area contributed by atoms with Crippen LogP contribution in [0.25, 0.3) is 10.8 Å². The highest BCUT2D eigenvalue weighted by molar-refractivity contribution is 5.97. The largest absolute Gasteiger partial charge is 0.416 e. The van der Waals surface area contributed by atoms with Gasteiger partial charge in [0.15, 0.2) is 0 Å². The van der Waals surface area contributed by atoms with Crippen LogP contribution in [0.1, 0.15) is 21.5 Å². The van der Waals surface area contributed by atoms with Crippen molar-refractivity contribution in [2.24, 2.45) is 5.73 Å². The molecule has 3 aromatic rings. The minimum absolute atomic E-state index is 0.126. The average molecular weight is 386 g/mol. The Morgan fingerprint density at radius 3 is 2.36 bits per heavy atom. The van der Waals surface area contributed by atoms with Gasteiger partial charge in [-0.15, -0.1) is 0 Å². The Labute approximate surface area is 159 Å². The molecule has 0 aliphatic heterocycles. The zero-order chi connectivity index (χ0) is 20.3. The lowest BCUT2D eigenvalue weighted by molar-refractivity contribution is -0.137. The van der Waals surface area contributed by atoms with Crippen LogP contribution in [-0.4, -0.2) is 17.9 Å². The first-order valence-electron chi connectivity index (χ1n) is 8.50. The maximum Gasteiger partial charge on any atom is 0.416 e. The number of amides is 2. The molecule has 144 valence electrons. The van der Waals surface area contributed by atoms with Crippen LogP contribution in [0.2, 0.25) is 0 Å². The van der Waals surface area contributed by atoms with Gasteiger partial charge in [0.1, 0.15) is 6.04 Å². The minimum Gasteiger partial charge on any atom is -0.368 e. The van der Waals surface area contributed by atoms with Gasteiger partial charge in [0, 0.05) is 12.0 Å². The second-order valence-corrected chi connectivity index (χ2v) is 6.35. The maximum absolute atomic E-state index is 12.9. The number of carbonyl (C=O) groups excluding carboxylic acids is 2. The van der Waals surface area contributed by atoms with Crippen LogP contribution in [0.5, 0.6) is 0 Å². The molecular formula is C21H17F3N2O2. The van der Waals surface area contributed by atoms with Crippen LogP contribution >= 0.6 is 0 Å². The number of carbonyl (C=O) groups is 2. The van der Waals surface area contributed by atoms with E-state index in [0.717, 1.165) is 34.5 Å². The third-order valence-electron chi connectivity index (χ3n) is 4.40. The van der Waals surface area contributed by atoms with Crippen LogP contribution in [-0.2, 0) is 17.4 Å². The van der Waals surface area contributed by atoms with Gasteiger partial charge >= 0.3 is 6.18 Å². The molecule has 0 heterocycles. The smallest absolute Gasteiger partial charge is 0.368 e. The highest BCUT2D eigenvalue weighted by Gasteiger charge is 2.31. The summed E-state index contributed by atoms with van der Waals surface area (Å²) in [6.07, 6.45) is -4.44. The van der Waals surface area contributed by atoms with Crippen molar-refractivity contribution >= 4 is 22.6 Å². The highest BCUT2D eigenvalue weighted by Crippen LogP contribution is 2.29. The predicted octanol–water partition coefficient (Wildman–Crippen LogP) is 3.69. The SMILES string of the molecule is NC(=O)[C@H](Cc1cccc2ccccc12)NC(=O)c1cccc(C(F)(F)F)c1. The molecule has 3 N–H and O–H groups in total. The standard InChI is InChI=1S/C21H17F3N2O2/c22-21(23,24)16-9-4-8-15(11-16)20(28)26-18(19(25)27)12-14-7-3-6-13-5-1-2-10-17(13)14/h1-11,18H,12H2,(H2,25,27)(H,26,28)/t18-/m0/s1. The van der Waals surface area contributed by atoms with E-state index in [9.17, 15) is 22.8 Å². The molecule has 1 atom stereocenters. The summed E-state index contributed by atoms with van der Waals surface area (Å²) in [6.45, 7) is 0. The van der Waals surface area contributed by atoms with Gasteiger partial charge in [-0.3, -0.25) is 9.59 Å². The van der Waals surface area contributed by atoms with Gasteiger partial charge < -0.3 is 11.1 Å². The van der Waals surface area contributed by atoms with Crippen molar-refractivity contribution in [3.05, 3.63) is 83.4 Å². The fraction of sp³-hybridized carbons (Fsp3) is 0.143. The van der Waals surface area contributed by atoms with E-state index in [-0.39, 0.29) is 12.0 Å². The first kappa shape index (κ1) is 19.4. The summed E-state index contributed by atoms with van der Waals surface area (Å²) in [5.41, 5.74) is 5.08. The quantitative estimate of drug-likeness (QED) is 0.702. The summed E-state index contributed by atoms with van der Waals surface area (Å²) in [7, 11) is 0. The molecule has 0 aromatic heterocycles. The van der Waals surface area contributed by atoms with Gasteiger partial charge in [0.05, 0.1) is 5.56 Å². The van der Waals surface area contributed by atoms with Crippen molar-refractivity contribution in [1.29, 1.82) is 0 Å². The average Bonchev–Trinajstić information content (AvgIpc) is 2.67. The van der Waals surface area contributed by atoms with Crippen LogP contribution in [0.15, 0.2) is 66.7 Å². The summed E-state index contributed by atoms with van der Waals surface area (Å²) in [4.78, 5) is 24.3. The summed E-state index contributed by atoms with van der Waals surface area (Å²) in [5.74, 6) is -1.57. The monoisotopic (exact) mass is 386 g/mol. The number of alkyl halides is 3. The zero-order valence-corrected chi connectivity index (χ0v) is 14.7. The molecule has 3 rings (SSSR count). The van der Waals surface area contributed by atoms with E-state index >= 15 is 0 Å². The lowest BCUT2D eigenvalue weighted by Gasteiger charge is -2.17. The van der Waals surface area contributed by atoms with Crippen molar-refractivity contribution in [2.75, 3.05) is 0 Å². The number of benzene rings is 3. The Morgan fingerprint density at radius 2 is 1.64 bits per heavy atom. The van der Waals surface area contributed by atoms with Crippen molar-refractivity contribution in [3.63, 3.8) is 0 Å². The molecular weight excluding hydrogens is 369 g/mol. The molecule has 0 unspecified atom stereocenters. The number of fused-ring (bicyclic) bond motifs is 1. The number of primary amides is 1. The van der Waals surface area contributed by atoms with E-state index in [1.54, 1.807) is 0 Å². The fourth-order valence-corrected chi connectivity index (χ4v) is 2.99. The molecule has 4 nitrogen and oxygen atoms in total. The second kappa shape index (κ2) is 7.72. The lowest BCUT2D eigenvalue weighted by atomic mass is 9.98. The minimum atomic E-state index is -4.57. The van der Waals surface area contributed by atoms with Crippen molar-refractivity contribution in [3.8, 4) is 0 Å². The first-order valence-corrected chi connectivity index (χ1v) is 8.50. The van der Waals surface area contributed by atoms with Crippen LogP contribution in [0.3, 0.4) is 0 Å². The van der Waals surface area contributed by atoms with E-state index in [1.165, 1.54) is 6.07 Å². The third-order valence-corrected chi connectivity index (χ3v) is 4.40. The van der Waals surface area contributed by atoms with Crippen molar-refractivity contribution < 1.29 is 22.8 Å². The Hall–Kier alpha value is -3.35. The number of nitrogens with one attached hydrogen (secondary N) is 1. The summed E-state index contributed by atoms with van der Waals surface area (Å²) in [6, 6.07) is 16.0. The molecule has 2 amide bonds. The second-order valence-electron chi connectivity index (χ2n) is 6.35. The molecule has 0 fully saturated rings. The van der Waals surface area contributed by atoms with Gasteiger partial charge in [-0.2, -0.15) is 13.2 Å². The fourth-order valence-electron chi connectivity index (χ4n) is 2.99. The molecule has 0 saturated heterocycles. The van der Waals surface area contributed by atoms with Gasteiger partial charge in [0.25, 0.3) is 5.91 Å². The first-order chi connectivity index (χ1) is 13.3. The molecule has 28 heavy (non-hydrogen) atoms. The molecule has 0 aliphatic rings. The molecule has 0 radical (unpaired) electrons. The van der Waals surface area contributed by atoms with Crippen LogP contribution < -0.4 is 11.1 Å². The van der Waals surface area contributed by atoms with Crippen LogP contribution in [0.4, 0.5) is 13.2 Å². The highest BCUT2D eigenvalue weighted by atomic mass is 19.4. The number of hydrogen-bond donors (Lipinski definition) is 2. The topological polar surface area (TPSA) is 72.2 Å². The molecule has 0 aliphatic carbocycles. The van der Waals surface area contributed by atoms with E-state index in [0.29, 0.717) is 0 Å². The zero-order valence-electron chi connectivity index (χ0n) is 14.7. The van der Waals surface area contributed by atoms with Gasteiger partial charge in [-0.1, -0.05) is 48.5 Å². The van der Waals surface area contributed by atoms with Gasteiger partial charge in [0.2, 0.25) is 5.91 Å². The molecule has 0 saturated carbocycles. The number of nitrogens with two attached hydrogens (primary N) is 1. The van der Waals surface area contributed by atoms with E-state index in [1.807, 2.05) is 42.5 Å². The summed E-state index contributed by atoms with van der Waals surface area (Å²) in [5, 5.41) is 4.32. The van der Waals surface area contributed by atoms with Crippen molar-refractivity contribution in [1.82, 2.24) is 5.32 Å². The number of hydrogen-bond acceptors (Lipinski definition) is 2. The molecule has 7 heteroatoms. The normalized spacial score (nSPS) is 12.5. The summed E-state index contributed by atoms with van der Waals surface area (Å²) >= 11 is 0. The Morgan fingerprint density at radius 1 is 0.964 bits per heavy atom. The third kappa shape index (κ3) is 4.31. The van der Waals surface area contributed by atoms with Crippen LogP contribution in [0, 0.1) is 0 Å². The maximum atomic E-state index is 12.9. The predicted molar refractivity (Wildman–Crippen MR) is 99.5 cm³/mol. The van der Waals surface area contributed by atoms with E-state index < -0.39 is 29.6 Å². The Balaban J connectivity index is 1.84. The van der Waals surface area contributed by atoms with E-state index in [4.69, 9.17) is 5.73 Å². The van der Waals surface area contributed by atoms with Gasteiger partial charge in [-0.05, 0) is 34.5 Å². The van der Waals surface area contributed by atoms with E-state index in [2.05, 4.69) is 5.32 Å².